The Morgan fingerprint density at radius 1 is 1.17 bits per heavy atom. The van der Waals surface area contributed by atoms with Crippen molar-refractivity contribution in [3.05, 3.63) is 42.0 Å². The van der Waals surface area contributed by atoms with Crippen molar-refractivity contribution in [1.29, 1.82) is 0 Å². The molecule has 1 aromatic rings. The molecule has 0 saturated carbocycles. The number of unbranched alkanes of at least 4 members (excludes halogenated alkanes) is 1. The summed E-state index contributed by atoms with van der Waals surface area (Å²) < 4.78 is 14.7. The average molecular weight is 320 g/mol. The van der Waals surface area contributed by atoms with Gasteiger partial charge in [-0.3, -0.25) is 4.79 Å². The number of rotatable bonds is 8. The molecule has 0 N–H and O–H groups in total. The smallest absolute Gasteiger partial charge is 0.341 e. The topological polar surface area (TPSA) is 78.9 Å². The highest BCUT2D eigenvalue weighted by molar-refractivity contribution is 5.95. The molecule has 0 radical (unpaired) electrons. The minimum Gasteiger partial charge on any atom is -0.466 e. The highest BCUT2D eigenvalue weighted by Crippen LogP contribution is 2.20. The summed E-state index contributed by atoms with van der Waals surface area (Å²) in [6, 6.07) is 6.25. The number of para-hydroxylation sites is 1. The quantitative estimate of drug-likeness (QED) is 0.317. The Kier molecular flexibility index (Phi) is 7.53. The van der Waals surface area contributed by atoms with Crippen molar-refractivity contribution in [3.8, 4) is 5.75 Å². The summed E-state index contributed by atoms with van der Waals surface area (Å²) in [4.78, 5) is 35.0. The molecule has 0 heterocycles. The third-order valence-corrected chi connectivity index (χ3v) is 2.89. The van der Waals surface area contributed by atoms with Crippen LogP contribution in [-0.4, -0.2) is 31.6 Å². The van der Waals surface area contributed by atoms with Gasteiger partial charge < -0.3 is 14.2 Å². The number of esters is 3. The molecule has 23 heavy (non-hydrogen) atoms. The molecule has 1 rings (SSSR count). The Bertz CT molecular complexity index is 591. The second-order valence-corrected chi connectivity index (χ2v) is 4.73. The molecular formula is C17H20O6. The van der Waals surface area contributed by atoms with E-state index in [1.807, 2.05) is 6.92 Å². The van der Waals surface area contributed by atoms with Crippen molar-refractivity contribution in [2.75, 3.05) is 13.7 Å². The van der Waals surface area contributed by atoms with Crippen LogP contribution in [0, 0.1) is 0 Å². The van der Waals surface area contributed by atoms with Gasteiger partial charge in [0.2, 0.25) is 0 Å². The molecule has 0 aliphatic heterocycles. The molecule has 0 unspecified atom stereocenters. The molecule has 0 fully saturated rings. The Hall–Kier alpha value is -2.63. The fourth-order valence-corrected chi connectivity index (χ4v) is 1.66. The van der Waals surface area contributed by atoms with Gasteiger partial charge in [0.05, 0.1) is 20.1 Å². The van der Waals surface area contributed by atoms with Crippen molar-refractivity contribution in [2.24, 2.45) is 0 Å². The third kappa shape index (κ3) is 5.94. The molecule has 1 aromatic carbocycles. The van der Waals surface area contributed by atoms with E-state index in [1.165, 1.54) is 19.2 Å². The number of ether oxygens (including phenoxy) is 3. The van der Waals surface area contributed by atoms with Gasteiger partial charge in [0.15, 0.2) is 0 Å². The molecule has 0 aliphatic carbocycles. The van der Waals surface area contributed by atoms with Crippen LogP contribution in [0.25, 0.3) is 0 Å². The summed E-state index contributed by atoms with van der Waals surface area (Å²) in [6.07, 6.45) is 1.33. The van der Waals surface area contributed by atoms with Gasteiger partial charge in [-0.15, -0.1) is 0 Å². The molecule has 0 atom stereocenters. The summed E-state index contributed by atoms with van der Waals surface area (Å²) in [7, 11) is 1.19. The van der Waals surface area contributed by atoms with Gasteiger partial charge in [-0.25, -0.2) is 9.59 Å². The van der Waals surface area contributed by atoms with Gasteiger partial charge >= 0.3 is 17.9 Å². The standard InChI is InChI=1S/C17H20O6/c1-4-5-10-22-17(20)13-8-6-7-9-14(13)23-15(18)11-12(2)16(19)21-3/h6-9H,2,4-5,10-11H2,1,3H3. The van der Waals surface area contributed by atoms with Gasteiger partial charge in [-0.2, -0.15) is 0 Å². The van der Waals surface area contributed by atoms with Crippen LogP contribution in [0.1, 0.15) is 36.5 Å². The highest BCUT2D eigenvalue weighted by atomic mass is 16.5. The number of carbonyl (C=O) groups excluding carboxylic acids is 3. The van der Waals surface area contributed by atoms with Crippen LogP contribution < -0.4 is 4.74 Å². The first-order chi connectivity index (χ1) is 11.0. The van der Waals surface area contributed by atoms with Gasteiger partial charge in [0.25, 0.3) is 0 Å². The van der Waals surface area contributed by atoms with E-state index in [9.17, 15) is 14.4 Å². The molecule has 6 nitrogen and oxygen atoms in total. The molecular weight excluding hydrogens is 300 g/mol. The molecule has 6 heteroatoms. The van der Waals surface area contributed by atoms with E-state index in [2.05, 4.69) is 11.3 Å². The Labute approximate surface area is 135 Å². The predicted molar refractivity (Wildman–Crippen MR) is 83.0 cm³/mol. The van der Waals surface area contributed by atoms with E-state index >= 15 is 0 Å². The Morgan fingerprint density at radius 3 is 2.52 bits per heavy atom. The number of benzene rings is 1. The summed E-state index contributed by atoms with van der Waals surface area (Å²) in [5.74, 6) is -1.88. The van der Waals surface area contributed by atoms with Gasteiger partial charge in [-0.05, 0) is 18.6 Å². The summed E-state index contributed by atoms with van der Waals surface area (Å²) in [6.45, 7) is 5.73. The number of methoxy groups -OCH3 is 1. The fourth-order valence-electron chi connectivity index (χ4n) is 1.66. The summed E-state index contributed by atoms with van der Waals surface area (Å²) in [5, 5.41) is 0. The first-order valence-electron chi connectivity index (χ1n) is 7.22. The van der Waals surface area contributed by atoms with Crippen LogP contribution >= 0.6 is 0 Å². The van der Waals surface area contributed by atoms with Crippen LogP contribution in [-0.2, 0) is 19.1 Å². The van der Waals surface area contributed by atoms with Crippen molar-refractivity contribution in [2.45, 2.75) is 26.2 Å². The first kappa shape index (κ1) is 18.4. The van der Waals surface area contributed by atoms with Crippen molar-refractivity contribution in [3.63, 3.8) is 0 Å². The van der Waals surface area contributed by atoms with Gasteiger partial charge in [0.1, 0.15) is 11.3 Å². The average Bonchev–Trinajstić information content (AvgIpc) is 2.54. The third-order valence-electron chi connectivity index (χ3n) is 2.89. The van der Waals surface area contributed by atoms with E-state index in [1.54, 1.807) is 12.1 Å². The van der Waals surface area contributed by atoms with Gasteiger partial charge in [0, 0.05) is 5.57 Å². The van der Waals surface area contributed by atoms with E-state index in [-0.39, 0.29) is 23.3 Å². The van der Waals surface area contributed by atoms with Crippen LogP contribution in [0.15, 0.2) is 36.4 Å². The van der Waals surface area contributed by atoms with Crippen LogP contribution in [0.4, 0.5) is 0 Å². The van der Waals surface area contributed by atoms with Crippen molar-refractivity contribution < 1.29 is 28.6 Å². The molecule has 0 bridgehead atoms. The minimum absolute atomic E-state index is 0.0273. The lowest BCUT2D eigenvalue weighted by atomic mass is 10.2. The summed E-state index contributed by atoms with van der Waals surface area (Å²) in [5.41, 5.74) is 0.126. The van der Waals surface area contributed by atoms with E-state index in [0.29, 0.717) is 6.61 Å². The van der Waals surface area contributed by atoms with Gasteiger partial charge in [-0.1, -0.05) is 32.1 Å². The largest absolute Gasteiger partial charge is 0.466 e. The molecule has 0 amide bonds. The van der Waals surface area contributed by atoms with Crippen molar-refractivity contribution in [1.82, 2.24) is 0 Å². The predicted octanol–water partition coefficient (Wildman–Crippen LogP) is 2.67. The second-order valence-electron chi connectivity index (χ2n) is 4.73. The lowest BCUT2D eigenvalue weighted by Gasteiger charge is -2.10. The zero-order chi connectivity index (χ0) is 17.2. The maximum Gasteiger partial charge on any atom is 0.341 e. The van der Waals surface area contributed by atoms with E-state index < -0.39 is 17.9 Å². The van der Waals surface area contributed by atoms with E-state index in [4.69, 9.17) is 9.47 Å². The SMILES string of the molecule is C=C(CC(=O)Oc1ccccc1C(=O)OCCCC)C(=O)OC. The zero-order valence-corrected chi connectivity index (χ0v) is 13.3. The van der Waals surface area contributed by atoms with Crippen LogP contribution in [0.5, 0.6) is 5.75 Å². The molecule has 0 aliphatic rings. The molecule has 0 saturated heterocycles. The fraction of sp³-hybridized carbons (Fsp3) is 0.353. The summed E-state index contributed by atoms with van der Waals surface area (Å²) >= 11 is 0. The molecule has 0 aromatic heterocycles. The number of hydrogen-bond acceptors (Lipinski definition) is 6. The lowest BCUT2D eigenvalue weighted by molar-refractivity contribution is -0.139. The lowest BCUT2D eigenvalue weighted by Crippen LogP contribution is -2.16. The minimum atomic E-state index is -0.714. The molecule has 0 spiro atoms. The maximum atomic E-state index is 12.0. The van der Waals surface area contributed by atoms with E-state index in [0.717, 1.165) is 12.8 Å². The monoisotopic (exact) mass is 320 g/mol. The number of carbonyl (C=O) groups is 3. The van der Waals surface area contributed by atoms with Crippen LogP contribution in [0.3, 0.4) is 0 Å². The zero-order valence-electron chi connectivity index (χ0n) is 13.3. The maximum absolute atomic E-state index is 12.0. The molecule has 124 valence electrons. The Morgan fingerprint density at radius 2 is 1.87 bits per heavy atom. The second kappa shape index (κ2) is 9.40. The van der Waals surface area contributed by atoms with Crippen molar-refractivity contribution >= 4 is 17.9 Å². The first-order valence-corrected chi connectivity index (χ1v) is 7.22. The highest BCUT2D eigenvalue weighted by Gasteiger charge is 2.18. The normalized spacial score (nSPS) is 9.83. The van der Waals surface area contributed by atoms with Crippen LogP contribution in [0.2, 0.25) is 0 Å². The Balaban J connectivity index is 2.73. The number of hydrogen-bond donors (Lipinski definition) is 0.